The Balaban J connectivity index is 2.53. The fourth-order valence-corrected chi connectivity index (χ4v) is 1.74. The van der Waals surface area contributed by atoms with E-state index in [1.807, 2.05) is 0 Å². The average Bonchev–Trinajstić information content (AvgIpc) is 2.71. The fourth-order valence-electron chi connectivity index (χ4n) is 1.74. The van der Waals surface area contributed by atoms with E-state index in [0.717, 1.165) is 11.1 Å². The number of nitro benzene ring substituents is 1. The topological polar surface area (TPSA) is 85.2 Å². The third kappa shape index (κ3) is 1.96. The zero-order valence-corrected chi connectivity index (χ0v) is 9.04. The van der Waals surface area contributed by atoms with E-state index in [4.69, 9.17) is 4.74 Å². The van der Waals surface area contributed by atoms with Crippen LogP contribution in [0.25, 0.3) is 10.9 Å². The van der Waals surface area contributed by atoms with Crippen LogP contribution in [0.2, 0.25) is 0 Å². The molecule has 0 aliphatic rings. The average molecular weight is 234 g/mol. The standard InChI is InChI=1S/C11H10N2O4/c1-7(17-6-14)10-5-12-11-3-2-8(13(15)16)4-9(10)11/h2-7,12H,1H3. The fraction of sp³-hybridized carbons (Fsp3) is 0.182. The van der Waals surface area contributed by atoms with Crippen LogP contribution in [-0.4, -0.2) is 16.4 Å². The second kappa shape index (κ2) is 4.25. The summed E-state index contributed by atoms with van der Waals surface area (Å²) in [7, 11) is 0. The molecule has 0 saturated carbocycles. The molecule has 1 aromatic heterocycles. The van der Waals surface area contributed by atoms with Gasteiger partial charge in [0.2, 0.25) is 0 Å². The Morgan fingerprint density at radius 1 is 1.53 bits per heavy atom. The summed E-state index contributed by atoms with van der Waals surface area (Å²) in [5.41, 5.74) is 1.50. The van der Waals surface area contributed by atoms with Crippen molar-refractivity contribution in [2.75, 3.05) is 0 Å². The largest absolute Gasteiger partial charge is 0.460 e. The summed E-state index contributed by atoms with van der Waals surface area (Å²) in [5.74, 6) is 0. The number of aromatic nitrogens is 1. The number of aromatic amines is 1. The van der Waals surface area contributed by atoms with Gasteiger partial charge >= 0.3 is 0 Å². The van der Waals surface area contributed by atoms with Crippen LogP contribution in [0.1, 0.15) is 18.6 Å². The molecule has 1 atom stereocenters. The van der Waals surface area contributed by atoms with Crippen LogP contribution in [0, 0.1) is 10.1 Å². The number of nitro groups is 1. The van der Waals surface area contributed by atoms with Gasteiger partial charge in [0.25, 0.3) is 12.2 Å². The predicted molar refractivity (Wildman–Crippen MR) is 60.5 cm³/mol. The summed E-state index contributed by atoms with van der Waals surface area (Å²) < 4.78 is 4.82. The molecule has 1 N–H and O–H groups in total. The van der Waals surface area contributed by atoms with Crippen molar-refractivity contribution in [2.24, 2.45) is 0 Å². The molecule has 2 aromatic rings. The minimum atomic E-state index is -0.457. The van der Waals surface area contributed by atoms with E-state index in [-0.39, 0.29) is 5.69 Å². The quantitative estimate of drug-likeness (QED) is 0.499. The highest BCUT2D eigenvalue weighted by Gasteiger charge is 2.15. The molecule has 88 valence electrons. The lowest BCUT2D eigenvalue weighted by molar-refractivity contribution is -0.384. The smallest absolute Gasteiger partial charge is 0.293 e. The second-order valence-corrected chi connectivity index (χ2v) is 3.61. The first kappa shape index (κ1) is 11.1. The predicted octanol–water partition coefficient (Wildman–Crippen LogP) is 2.31. The van der Waals surface area contributed by atoms with Gasteiger partial charge in [-0.15, -0.1) is 0 Å². The van der Waals surface area contributed by atoms with Crippen LogP contribution in [0.5, 0.6) is 0 Å². The normalized spacial score (nSPS) is 12.3. The van der Waals surface area contributed by atoms with Crippen molar-refractivity contribution in [1.82, 2.24) is 4.98 Å². The maximum absolute atomic E-state index is 10.7. The van der Waals surface area contributed by atoms with E-state index in [0.29, 0.717) is 11.9 Å². The monoisotopic (exact) mass is 234 g/mol. The number of nitrogens with zero attached hydrogens (tertiary/aromatic N) is 1. The molecule has 17 heavy (non-hydrogen) atoms. The van der Waals surface area contributed by atoms with Crippen molar-refractivity contribution in [3.8, 4) is 0 Å². The van der Waals surface area contributed by atoms with Crippen LogP contribution in [0.4, 0.5) is 5.69 Å². The van der Waals surface area contributed by atoms with E-state index >= 15 is 0 Å². The number of hydrogen-bond donors (Lipinski definition) is 1. The second-order valence-electron chi connectivity index (χ2n) is 3.61. The van der Waals surface area contributed by atoms with Crippen molar-refractivity contribution < 1.29 is 14.5 Å². The van der Waals surface area contributed by atoms with E-state index in [9.17, 15) is 14.9 Å². The molecule has 0 saturated heterocycles. The number of H-pyrrole nitrogens is 1. The van der Waals surface area contributed by atoms with Crippen LogP contribution in [-0.2, 0) is 9.53 Å². The summed E-state index contributed by atoms with van der Waals surface area (Å²) in [6.45, 7) is 2.07. The molecule has 0 spiro atoms. The number of benzene rings is 1. The number of non-ortho nitro benzene ring substituents is 1. The zero-order chi connectivity index (χ0) is 12.4. The SMILES string of the molecule is CC(OC=O)c1c[nH]c2ccc([N+](=O)[O-])cc12. The van der Waals surface area contributed by atoms with Gasteiger partial charge in [0.15, 0.2) is 0 Å². The molecule has 6 heteroatoms. The highest BCUT2D eigenvalue weighted by atomic mass is 16.6. The number of nitrogens with one attached hydrogen (secondary N) is 1. The Labute approximate surface area is 96.3 Å². The third-order valence-corrected chi connectivity index (χ3v) is 2.61. The first-order valence-corrected chi connectivity index (χ1v) is 4.98. The minimum absolute atomic E-state index is 0.0108. The molecular weight excluding hydrogens is 224 g/mol. The first-order chi connectivity index (χ1) is 8.13. The van der Waals surface area contributed by atoms with Gasteiger partial charge in [-0.3, -0.25) is 14.9 Å². The van der Waals surface area contributed by atoms with Gasteiger partial charge in [0.05, 0.1) is 4.92 Å². The van der Waals surface area contributed by atoms with Crippen molar-refractivity contribution >= 4 is 23.1 Å². The molecule has 0 aliphatic heterocycles. The van der Waals surface area contributed by atoms with Crippen molar-refractivity contribution in [1.29, 1.82) is 0 Å². The highest BCUT2D eigenvalue weighted by Crippen LogP contribution is 2.28. The molecule has 0 fully saturated rings. The zero-order valence-electron chi connectivity index (χ0n) is 9.04. The molecule has 6 nitrogen and oxygen atoms in total. The molecule has 0 bridgehead atoms. The van der Waals surface area contributed by atoms with Gasteiger partial charge in [-0.25, -0.2) is 0 Å². The summed E-state index contributed by atoms with van der Waals surface area (Å²) in [4.78, 5) is 23.5. The number of carbonyl (C=O) groups is 1. The molecule has 1 aromatic carbocycles. The Morgan fingerprint density at radius 2 is 2.29 bits per heavy atom. The summed E-state index contributed by atoms with van der Waals surface area (Å²) in [5, 5.41) is 11.4. The molecular formula is C11H10N2O4. The van der Waals surface area contributed by atoms with E-state index < -0.39 is 11.0 Å². The molecule has 0 aliphatic carbocycles. The van der Waals surface area contributed by atoms with Crippen LogP contribution in [0.15, 0.2) is 24.4 Å². The van der Waals surface area contributed by atoms with Gasteiger partial charge in [-0.1, -0.05) is 0 Å². The number of hydrogen-bond acceptors (Lipinski definition) is 4. The maximum Gasteiger partial charge on any atom is 0.293 e. The lowest BCUT2D eigenvalue weighted by atomic mass is 10.1. The number of ether oxygens (including phenoxy) is 1. The van der Waals surface area contributed by atoms with Crippen LogP contribution in [0.3, 0.4) is 0 Å². The van der Waals surface area contributed by atoms with E-state index in [2.05, 4.69) is 4.98 Å². The lowest BCUT2D eigenvalue weighted by Crippen LogP contribution is -1.97. The van der Waals surface area contributed by atoms with Crippen molar-refractivity contribution in [3.63, 3.8) is 0 Å². The number of fused-ring (bicyclic) bond motifs is 1. The van der Waals surface area contributed by atoms with Gasteiger partial charge in [-0.05, 0) is 13.0 Å². The lowest BCUT2D eigenvalue weighted by Gasteiger charge is -2.07. The highest BCUT2D eigenvalue weighted by molar-refractivity contribution is 5.85. The molecule has 2 rings (SSSR count). The first-order valence-electron chi connectivity index (χ1n) is 4.98. The number of rotatable bonds is 4. The van der Waals surface area contributed by atoms with E-state index in [1.165, 1.54) is 12.1 Å². The maximum atomic E-state index is 10.7. The van der Waals surface area contributed by atoms with Gasteiger partial charge < -0.3 is 9.72 Å². The molecule has 1 unspecified atom stereocenters. The van der Waals surface area contributed by atoms with Gasteiger partial charge in [-0.2, -0.15) is 0 Å². The van der Waals surface area contributed by atoms with Crippen molar-refractivity contribution in [2.45, 2.75) is 13.0 Å². The number of carbonyl (C=O) groups excluding carboxylic acids is 1. The Morgan fingerprint density at radius 3 is 2.94 bits per heavy atom. The minimum Gasteiger partial charge on any atom is -0.460 e. The van der Waals surface area contributed by atoms with Gasteiger partial charge in [0.1, 0.15) is 6.10 Å². The Kier molecular flexibility index (Phi) is 2.78. The third-order valence-electron chi connectivity index (χ3n) is 2.61. The van der Waals surface area contributed by atoms with Crippen molar-refractivity contribution in [3.05, 3.63) is 40.1 Å². The summed E-state index contributed by atoms with van der Waals surface area (Å²) in [6, 6.07) is 4.52. The Bertz CT molecular complexity index is 576. The summed E-state index contributed by atoms with van der Waals surface area (Å²) in [6.07, 6.45) is 1.24. The summed E-state index contributed by atoms with van der Waals surface area (Å²) >= 11 is 0. The Hall–Kier alpha value is -2.37. The molecule has 0 radical (unpaired) electrons. The molecule has 1 heterocycles. The van der Waals surface area contributed by atoms with Crippen LogP contribution < -0.4 is 0 Å². The van der Waals surface area contributed by atoms with Crippen LogP contribution >= 0.6 is 0 Å². The molecule has 0 amide bonds. The van der Waals surface area contributed by atoms with E-state index in [1.54, 1.807) is 19.2 Å². The van der Waals surface area contributed by atoms with Gasteiger partial charge in [0, 0.05) is 34.8 Å².